The van der Waals surface area contributed by atoms with E-state index in [1.165, 1.54) is 10.5 Å². The van der Waals surface area contributed by atoms with Crippen molar-refractivity contribution in [3.8, 4) is 0 Å². The second-order valence-corrected chi connectivity index (χ2v) is 5.57. The summed E-state index contributed by atoms with van der Waals surface area (Å²) in [6, 6.07) is 6.23. The zero-order valence-corrected chi connectivity index (χ0v) is 11.8. The van der Waals surface area contributed by atoms with Crippen molar-refractivity contribution in [1.82, 2.24) is 0 Å². The Morgan fingerprint density at radius 1 is 1.41 bits per heavy atom. The van der Waals surface area contributed by atoms with E-state index >= 15 is 0 Å². The van der Waals surface area contributed by atoms with Crippen LogP contribution in [0.1, 0.15) is 31.9 Å². The fraction of sp³-hybridized carbons (Fsp3) is 0.500. The maximum Gasteiger partial charge on any atom is 0.310 e. The van der Waals surface area contributed by atoms with Crippen molar-refractivity contribution < 1.29 is 9.53 Å². The van der Waals surface area contributed by atoms with E-state index in [2.05, 4.69) is 25.1 Å². The fourth-order valence-electron chi connectivity index (χ4n) is 1.60. The van der Waals surface area contributed by atoms with Crippen LogP contribution in [0.3, 0.4) is 0 Å². The lowest BCUT2D eigenvalue weighted by atomic mass is 10.1. The van der Waals surface area contributed by atoms with Crippen molar-refractivity contribution in [2.24, 2.45) is 0 Å². The smallest absolute Gasteiger partial charge is 0.310 e. The quantitative estimate of drug-likeness (QED) is 0.591. The van der Waals surface area contributed by atoms with Crippen molar-refractivity contribution in [2.75, 3.05) is 5.75 Å². The minimum Gasteiger partial charge on any atom is -0.463 e. The van der Waals surface area contributed by atoms with E-state index in [0.29, 0.717) is 6.42 Å². The second kappa shape index (κ2) is 6.70. The molecule has 1 aromatic rings. The predicted molar refractivity (Wildman–Crippen MR) is 72.5 cm³/mol. The Balaban J connectivity index is 2.80. The molecule has 0 heterocycles. The van der Waals surface area contributed by atoms with E-state index < -0.39 is 0 Å². The van der Waals surface area contributed by atoms with Crippen LogP contribution < -0.4 is 0 Å². The number of thioether (sulfide) groups is 1. The van der Waals surface area contributed by atoms with Crippen LogP contribution in [0.5, 0.6) is 0 Å². The molecular weight excluding hydrogens is 232 g/mol. The molecule has 3 heteroatoms. The van der Waals surface area contributed by atoms with Crippen molar-refractivity contribution in [3.63, 3.8) is 0 Å². The highest BCUT2D eigenvalue weighted by molar-refractivity contribution is 7.99. The number of ether oxygens (including phenoxy) is 1. The third-order valence-corrected chi connectivity index (χ3v) is 3.22. The lowest BCUT2D eigenvalue weighted by Gasteiger charge is -2.11. The average molecular weight is 252 g/mol. The first-order valence-electron chi connectivity index (χ1n) is 5.94. The molecule has 0 saturated carbocycles. The molecule has 94 valence electrons. The van der Waals surface area contributed by atoms with Gasteiger partial charge in [-0.2, -0.15) is 0 Å². The first kappa shape index (κ1) is 14.1. The van der Waals surface area contributed by atoms with Crippen molar-refractivity contribution in [1.29, 1.82) is 0 Å². The van der Waals surface area contributed by atoms with Gasteiger partial charge in [0.15, 0.2) is 0 Å². The Hall–Kier alpha value is -0.960. The molecule has 0 aliphatic heterocycles. The summed E-state index contributed by atoms with van der Waals surface area (Å²) in [4.78, 5) is 12.8. The van der Waals surface area contributed by atoms with E-state index in [1.54, 1.807) is 11.8 Å². The minimum atomic E-state index is -0.149. The normalized spacial score (nSPS) is 10.6. The molecule has 0 radical (unpaired) electrons. The summed E-state index contributed by atoms with van der Waals surface area (Å²) in [6.07, 6.45) is 0.317. The van der Waals surface area contributed by atoms with E-state index in [-0.39, 0.29) is 12.1 Å². The molecule has 1 rings (SSSR count). The molecule has 0 amide bonds. The van der Waals surface area contributed by atoms with Crippen LogP contribution in [0.4, 0.5) is 0 Å². The summed E-state index contributed by atoms with van der Waals surface area (Å²) >= 11 is 1.76. The van der Waals surface area contributed by atoms with Crippen molar-refractivity contribution in [2.45, 2.75) is 45.1 Å². The number of rotatable bonds is 5. The standard InChI is InChI=1S/C14H20O2S/c1-5-17-13-7-6-11(4)8-12(13)9-14(15)16-10(2)3/h6-8,10H,5,9H2,1-4H3. The van der Waals surface area contributed by atoms with Crippen LogP contribution in [0.15, 0.2) is 23.1 Å². The van der Waals surface area contributed by atoms with Crippen molar-refractivity contribution >= 4 is 17.7 Å². The number of esters is 1. The molecule has 0 N–H and O–H groups in total. The predicted octanol–water partition coefficient (Wildman–Crippen LogP) is 3.60. The van der Waals surface area contributed by atoms with Gasteiger partial charge < -0.3 is 4.74 Å². The van der Waals surface area contributed by atoms with Gasteiger partial charge in [0.2, 0.25) is 0 Å². The molecule has 0 aromatic heterocycles. The Labute approximate surface area is 108 Å². The van der Waals surface area contributed by atoms with Gasteiger partial charge in [-0.3, -0.25) is 4.79 Å². The van der Waals surface area contributed by atoms with Gasteiger partial charge in [0.25, 0.3) is 0 Å². The lowest BCUT2D eigenvalue weighted by Crippen LogP contribution is -2.14. The van der Waals surface area contributed by atoms with Crippen LogP contribution in [-0.2, 0) is 16.0 Å². The first-order valence-corrected chi connectivity index (χ1v) is 6.93. The van der Waals surface area contributed by atoms with Gasteiger partial charge >= 0.3 is 5.97 Å². The monoisotopic (exact) mass is 252 g/mol. The van der Waals surface area contributed by atoms with Gasteiger partial charge in [-0.25, -0.2) is 0 Å². The highest BCUT2D eigenvalue weighted by Crippen LogP contribution is 2.24. The summed E-state index contributed by atoms with van der Waals surface area (Å²) in [7, 11) is 0. The Morgan fingerprint density at radius 3 is 2.71 bits per heavy atom. The number of carbonyl (C=O) groups is 1. The number of hydrogen-bond donors (Lipinski definition) is 0. The topological polar surface area (TPSA) is 26.3 Å². The zero-order valence-electron chi connectivity index (χ0n) is 10.9. The van der Waals surface area contributed by atoms with Crippen LogP contribution in [0.25, 0.3) is 0 Å². The van der Waals surface area contributed by atoms with Gasteiger partial charge in [0, 0.05) is 4.90 Å². The average Bonchev–Trinajstić information content (AvgIpc) is 2.21. The molecule has 0 atom stereocenters. The SMILES string of the molecule is CCSc1ccc(C)cc1CC(=O)OC(C)C. The summed E-state index contributed by atoms with van der Waals surface area (Å²) in [6.45, 7) is 7.89. The molecule has 0 spiro atoms. The minimum absolute atomic E-state index is 0.0467. The van der Waals surface area contributed by atoms with E-state index in [9.17, 15) is 4.79 Å². The van der Waals surface area contributed by atoms with Gasteiger partial charge in [0.05, 0.1) is 12.5 Å². The number of aryl methyl sites for hydroxylation is 1. The first-order chi connectivity index (χ1) is 8.02. The van der Waals surface area contributed by atoms with Crippen LogP contribution in [-0.4, -0.2) is 17.8 Å². The summed E-state index contributed by atoms with van der Waals surface area (Å²) in [5.41, 5.74) is 2.25. The Kier molecular flexibility index (Phi) is 5.56. The summed E-state index contributed by atoms with van der Waals surface area (Å²) in [5, 5.41) is 0. The van der Waals surface area contributed by atoms with E-state index in [0.717, 1.165) is 11.3 Å². The maximum atomic E-state index is 11.7. The molecule has 0 fully saturated rings. The molecular formula is C14H20O2S. The highest BCUT2D eigenvalue weighted by atomic mass is 32.2. The van der Waals surface area contributed by atoms with E-state index in [4.69, 9.17) is 4.74 Å². The Bertz CT molecular complexity index is 386. The summed E-state index contributed by atoms with van der Waals surface area (Å²) < 4.78 is 5.18. The fourth-order valence-corrected chi connectivity index (χ4v) is 2.39. The number of hydrogen-bond acceptors (Lipinski definition) is 3. The second-order valence-electron chi connectivity index (χ2n) is 4.26. The van der Waals surface area contributed by atoms with Gasteiger partial charge in [0.1, 0.15) is 0 Å². The summed E-state index contributed by atoms with van der Waals surface area (Å²) in [5.74, 6) is 0.860. The molecule has 1 aromatic carbocycles. The Morgan fingerprint density at radius 2 is 2.12 bits per heavy atom. The molecule has 0 saturated heterocycles. The molecule has 0 aliphatic rings. The van der Waals surface area contributed by atoms with Crippen molar-refractivity contribution in [3.05, 3.63) is 29.3 Å². The van der Waals surface area contributed by atoms with Crippen LogP contribution in [0.2, 0.25) is 0 Å². The maximum absolute atomic E-state index is 11.7. The molecule has 2 nitrogen and oxygen atoms in total. The van der Waals surface area contributed by atoms with Gasteiger partial charge in [-0.05, 0) is 38.2 Å². The number of carbonyl (C=O) groups excluding carboxylic acids is 1. The molecule has 0 aliphatic carbocycles. The largest absolute Gasteiger partial charge is 0.463 e. The lowest BCUT2D eigenvalue weighted by molar-refractivity contribution is -0.146. The van der Waals surface area contributed by atoms with Crippen LogP contribution in [0, 0.1) is 6.92 Å². The molecule has 0 bridgehead atoms. The molecule has 0 unspecified atom stereocenters. The van der Waals surface area contributed by atoms with Gasteiger partial charge in [-0.1, -0.05) is 24.6 Å². The number of benzene rings is 1. The molecule has 17 heavy (non-hydrogen) atoms. The third-order valence-electron chi connectivity index (χ3n) is 2.22. The highest BCUT2D eigenvalue weighted by Gasteiger charge is 2.10. The van der Waals surface area contributed by atoms with E-state index in [1.807, 2.05) is 20.8 Å². The van der Waals surface area contributed by atoms with Crippen LogP contribution >= 0.6 is 11.8 Å². The van der Waals surface area contributed by atoms with Gasteiger partial charge in [-0.15, -0.1) is 11.8 Å². The third kappa shape index (κ3) is 4.82. The zero-order chi connectivity index (χ0) is 12.8.